The van der Waals surface area contributed by atoms with E-state index in [0.29, 0.717) is 5.69 Å². The van der Waals surface area contributed by atoms with E-state index in [1.54, 1.807) is 30.3 Å². The highest BCUT2D eigenvalue weighted by Crippen LogP contribution is 2.19. The Morgan fingerprint density at radius 2 is 1.62 bits per heavy atom. The van der Waals surface area contributed by atoms with Crippen molar-refractivity contribution in [2.75, 3.05) is 24.9 Å². The van der Waals surface area contributed by atoms with Gasteiger partial charge in [-0.15, -0.1) is 0 Å². The quantitative estimate of drug-likeness (QED) is 0.808. The molecular formula is C19H25N3O3S. The van der Waals surface area contributed by atoms with Crippen molar-refractivity contribution in [1.82, 2.24) is 9.62 Å². The number of carbonyl (C=O) groups is 1. The number of benzene rings is 2. The lowest BCUT2D eigenvalue weighted by Gasteiger charge is -2.27. The summed E-state index contributed by atoms with van der Waals surface area (Å²) < 4.78 is 27.5. The number of rotatable bonds is 7. The third-order valence-electron chi connectivity index (χ3n) is 4.03. The number of hydrogen-bond acceptors (Lipinski definition) is 3. The number of nitrogens with one attached hydrogen (secondary N) is 1. The van der Waals surface area contributed by atoms with Crippen molar-refractivity contribution in [3.05, 3.63) is 65.7 Å². The smallest absolute Gasteiger partial charge is 0.304 e. The van der Waals surface area contributed by atoms with Gasteiger partial charge in [0.1, 0.15) is 6.54 Å². The predicted molar refractivity (Wildman–Crippen MR) is 104 cm³/mol. The van der Waals surface area contributed by atoms with Crippen LogP contribution in [0, 0.1) is 6.92 Å². The van der Waals surface area contributed by atoms with E-state index in [4.69, 9.17) is 0 Å². The fraction of sp³-hybridized carbons (Fsp3) is 0.316. The summed E-state index contributed by atoms with van der Waals surface area (Å²) in [5, 5.41) is 2.86. The molecule has 0 saturated heterocycles. The molecule has 2 aromatic rings. The largest absolute Gasteiger partial charge is 0.348 e. The molecule has 26 heavy (non-hydrogen) atoms. The molecule has 140 valence electrons. The van der Waals surface area contributed by atoms with E-state index in [2.05, 4.69) is 5.32 Å². The molecule has 2 rings (SSSR count). The van der Waals surface area contributed by atoms with Gasteiger partial charge < -0.3 is 5.32 Å². The lowest BCUT2D eigenvalue weighted by Crippen LogP contribution is -2.46. The maximum atomic E-state index is 12.6. The summed E-state index contributed by atoms with van der Waals surface area (Å²) >= 11 is 0. The predicted octanol–water partition coefficient (Wildman–Crippen LogP) is 2.49. The number of amides is 1. The molecule has 6 nitrogen and oxygen atoms in total. The Kier molecular flexibility index (Phi) is 6.39. The van der Waals surface area contributed by atoms with E-state index in [0.717, 1.165) is 19.7 Å². The minimum atomic E-state index is -3.79. The lowest BCUT2D eigenvalue weighted by atomic mass is 10.1. The molecule has 0 radical (unpaired) electrons. The van der Waals surface area contributed by atoms with Crippen LogP contribution in [0.25, 0.3) is 0 Å². The summed E-state index contributed by atoms with van der Waals surface area (Å²) in [6.45, 7) is 3.58. The molecule has 1 amide bonds. The second kappa shape index (κ2) is 8.33. The zero-order valence-electron chi connectivity index (χ0n) is 15.5. The fourth-order valence-corrected chi connectivity index (χ4v) is 3.52. The average molecular weight is 375 g/mol. The van der Waals surface area contributed by atoms with Gasteiger partial charge in [-0.05, 0) is 31.5 Å². The normalized spacial score (nSPS) is 12.7. The highest BCUT2D eigenvalue weighted by atomic mass is 32.2. The van der Waals surface area contributed by atoms with Crippen molar-refractivity contribution in [2.45, 2.75) is 19.9 Å². The van der Waals surface area contributed by atoms with Gasteiger partial charge in [0.25, 0.3) is 0 Å². The third-order valence-corrected chi connectivity index (χ3v) is 5.85. The first-order valence-corrected chi connectivity index (χ1v) is 9.72. The number of carbonyl (C=O) groups excluding carboxylic acids is 1. The van der Waals surface area contributed by atoms with Gasteiger partial charge >= 0.3 is 10.2 Å². The number of nitrogens with zero attached hydrogens (tertiary/aromatic N) is 2. The van der Waals surface area contributed by atoms with Gasteiger partial charge in [0.15, 0.2) is 0 Å². The average Bonchev–Trinajstić information content (AvgIpc) is 2.60. The summed E-state index contributed by atoms with van der Waals surface area (Å²) in [6.07, 6.45) is 0. The first kappa shape index (κ1) is 19.9. The summed E-state index contributed by atoms with van der Waals surface area (Å²) in [4.78, 5) is 12.5. The van der Waals surface area contributed by atoms with Crippen LogP contribution in [-0.2, 0) is 15.0 Å². The first-order valence-electron chi connectivity index (χ1n) is 8.33. The van der Waals surface area contributed by atoms with Gasteiger partial charge in [-0.3, -0.25) is 4.79 Å². The SMILES string of the molecule is Cc1ccc([C@@H](C)NC(=O)CN(c2ccccc2)S(=O)(=O)N(C)C)cc1. The first-order chi connectivity index (χ1) is 12.2. The molecule has 1 N–H and O–H groups in total. The van der Waals surface area contributed by atoms with Gasteiger partial charge in [-0.2, -0.15) is 12.7 Å². The zero-order valence-corrected chi connectivity index (χ0v) is 16.3. The van der Waals surface area contributed by atoms with Gasteiger partial charge in [0.2, 0.25) is 5.91 Å². The second-order valence-electron chi connectivity index (χ2n) is 6.33. The molecule has 0 aliphatic carbocycles. The molecule has 0 aliphatic heterocycles. The molecule has 0 aliphatic rings. The Balaban J connectivity index is 2.17. The van der Waals surface area contributed by atoms with Crippen molar-refractivity contribution in [3.63, 3.8) is 0 Å². The van der Waals surface area contributed by atoms with E-state index < -0.39 is 10.2 Å². The molecule has 0 unspecified atom stereocenters. The number of hydrogen-bond donors (Lipinski definition) is 1. The Morgan fingerprint density at radius 1 is 1.04 bits per heavy atom. The monoisotopic (exact) mass is 375 g/mol. The van der Waals surface area contributed by atoms with Crippen LogP contribution in [0.2, 0.25) is 0 Å². The maximum Gasteiger partial charge on any atom is 0.304 e. The van der Waals surface area contributed by atoms with Crippen LogP contribution in [0.4, 0.5) is 5.69 Å². The van der Waals surface area contributed by atoms with Gasteiger partial charge in [0, 0.05) is 14.1 Å². The second-order valence-corrected chi connectivity index (χ2v) is 8.40. The Hall–Kier alpha value is -2.38. The van der Waals surface area contributed by atoms with Crippen LogP contribution in [0.15, 0.2) is 54.6 Å². The van der Waals surface area contributed by atoms with E-state index in [1.165, 1.54) is 14.1 Å². The van der Waals surface area contributed by atoms with Crippen LogP contribution in [0.5, 0.6) is 0 Å². The fourth-order valence-electron chi connectivity index (χ4n) is 2.45. The minimum Gasteiger partial charge on any atom is -0.348 e. The standard InChI is InChI=1S/C19H25N3O3S/c1-15-10-12-17(13-11-15)16(2)20-19(23)14-22(26(24,25)21(3)4)18-8-6-5-7-9-18/h5-13,16H,14H2,1-4H3,(H,20,23)/t16-/m1/s1. The summed E-state index contributed by atoms with van der Waals surface area (Å²) in [7, 11) is -0.902. The molecule has 0 spiro atoms. The van der Waals surface area contributed by atoms with E-state index in [9.17, 15) is 13.2 Å². The molecule has 0 bridgehead atoms. The summed E-state index contributed by atoms with van der Waals surface area (Å²) in [5.41, 5.74) is 2.55. The topological polar surface area (TPSA) is 69.7 Å². The Bertz CT molecular complexity index is 834. The Labute approximate surface area is 155 Å². The van der Waals surface area contributed by atoms with Gasteiger partial charge in [-0.25, -0.2) is 4.31 Å². The Morgan fingerprint density at radius 3 is 2.15 bits per heavy atom. The van der Waals surface area contributed by atoms with Crippen LogP contribution in [0.3, 0.4) is 0 Å². The highest BCUT2D eigenvalue weighted by Gasteiger charge is 2.27. The molecule has 0 saturated carbocycles. The minimum absolute atomic E-state index is 0.220. The highest BCUT2D eigenvalue weighted by molar-refractivity contribution is 7.90. The van der Waals surface area contributed by atoms with Crippen molar-refractivity contribution < 1.29 is 13.2 Å². The van der Waals surface area contributed by atoms with Crippen LogP contribution in [0.1, 0.15) is 24.1 Å². The zero-order chi connectivity index (χ0) is 19.3. The molecule has 0 fully saturated rings. The van der Waals surface area contributed by atoms with Gasteiger partial charge in [-0.1, -0.05) is 48.0 Å². The van der Waals surface area contributed by atoms with Crippen LogP contribution in [-0.4, -0.2) is 39.3 Å². The van der Waals surface area contributed by atoms with Crippen molar-refractivity contribution in [3.8, 4) is 0 Å². The molecule has 1 atom stereocenters. The van der Waals surface area contributed by atoms with Gasteiger partial charge in [0.05, 0.1) is 11.7 Å². The van der Waals surface area contributed by atoms with Crippen molar-refractivity contribution in [2.24, 2.45) is 0 Å². The van der Waals surface area contributed by atoms with E-state index in [-0.39, 0.29) is 18.5 Å². The molecule has 7 heteroatoms. The summed E-state index contributed by atoms with van der Waals surface area (Å²) in [6, 6.07) is 16.2. The van der Waals surface area contributed by atoms with Crippen LogP contribution < -0.4 is 9.62 Å². The number of para-hydroxylation sites is 1. The molecule has 0 heterocycles. The van der Waals surface area contributed by atoms with E-state index in [1.807, 2.05) is 38.1 Å². The van der Waals surface area contributed by atoms with E-state index >= 15 is 0 Å². The lowest BCUT2D eigenvalue weighted by molar-refractivity contribution is -0.120. The molecular weight excluding hydrogens is 350 g/mol. The number of anilines is 1. The van der Waals surface area contributed by atoms with Crippen LogP contribution >= 0.6 is 0 Å². The maximum absolute atomic E-state index is 12.6. The molecule has 2 aromatic carbocycles. The van der Waals surface area contributed by atoms with Crippen molar-refractivity contribution >= 4 is 21.8 Å². The van der Waals surface area contributed by atoms with Crippen molar-refractivity contribution in [1.29, 1.82) is 0 Å². The number of aryl methyl sites for hydroxylation is 1. The third kappa shape index (κ3) is 4.83. The molecule has 0 aromatic heterocycles. The summed E-state index contributed by atoms with van der Waals surface area (Å²) in [5.74, 6) is -0.368.